The molecule has 1 aliphatic carbocycles. The Labute approximate surface area is 355 Å². The van der Waals surface area contributed by atoms with Gasteiger partial charge in [-0.1, -0.05) is 129 Å². The van der Waals surface area contributed by atoms with Gasteiger partial charge in [0.15, 0.2) is 0 Å². The first-order chi connectivity index (χ1) is 28.0. The van der Waals surface area contributed by atoms with Gasteiger partial charge in [-0.2, -0.15) is 0 Å². The van der Waals surface area contributed by atoms with Gasteiger partial charge in [-0.3, -0.25) is 4.79 Å². The first-order valence-electron chi connectivity index (χ1n) is 20.1. The van der Waals surface area contributed by atoms with E-state index in [9.17, 15) is 4.79 Å². The zero-order chi connectivity index (χ0) is 39.6. The molecule has 4 aromatic rings. The summed E-state index contributed by atoms with van der Waals surface area (Å²) >= 11 is 6.57. The minimum Gasteiger partial charge on any atom is -0.493 e. The molecule has 1 amide bonds. The molecular weight excluding hydrogens is 787 g/mol. The molecule has 8 bridgehead atoms. The predicted molar refractivity (Wildman–Crippen MR) is 243 cm³/mol. The molecule has 57 heavy (non-hydrogen) atoms. The average Bonchev–Trinajstić information content (AvgIpc) is 3.93. The van der Waals surface area contributed by atoms with Crippen molar-refractivity contribution in [2.24, 2.45) is 0 Å². The van der Waals surface area contributed by atoms with Crippen LogP contribution in [-0.4, -0.2) is 32.3 Å². The fourth-order valence-corrected chi connectivity index (χ4v) is 11.5. The van der Waals surface area contributed by atoms with Crippen LogP contribution in [0.2, 0.25) is 0 Å². The van der Waals surface area contributed by atoms with Gasteiger partial charge < -0.3 is 24.3 Å². The number of nitrogens with one attached hydrogen (secondary N) is 1. The molecule has 0 radical (unpaired) electrons. The molecule has 0 spiro atoms. The molecule has 10 heteroatoms. The lowest BCUT2D eigenvalue weighted by Gasteiger charge is -2.23. The van der Waals surface area contributed by atoms with Crippen LogP contribution in [0.1, 0.15) is 97.9 Å². The van der Waals surface area contributed by atoms with Crippen LogP contribution in [0.3, 0.4) is 0 Å². The Hall–Kier alpha value is -3.83. The number of carbonyl (C=O) groups excluding carboxylic acids is 1. The summed E-state index contributed by atoms with van der Waals surface area (Å²) in [5.74, 6) is 3.48. The van der Waals surface area contributed by atoms with Crippen LogP contribution in [0, 0.1) is 0 Å². The molecule has 0 saturated heterocycles. The van der Waals surface area contributed by atoms with Crippen LogP contribution >= 0.6 is 47.0 Å². The van der Waals surface area contributed by atoms with Gasteiger partial charge in [0.05, 0.1) is 39.8 Å². The normalized spacial score (nSPS) is 14.7. The molecule has 7 rings (SSSR count). The van der Waals surface area contributed by atoms with E-state index < -0.39 is 0 Å². The minimum atomic E-state index is -0.115. The van der Waals surface area contributed by atoms with Gasteiger partial charge in [-0.25, -0.2) is 0 Å². The minimum absolute atomic E-state index is 0.115. The Bertz CT molecular complexity index is 2060. The summed E-state index contributed by atoms with van der Waals surface area (Å²) in [6, 6.07) is 23.7. The third-order valence-corrected chi connectivity index (χ3v) is 14.7. The summed E-state index contributed by atoms with van der Waals surface area (Å²) in [6.45, 7) is 11.0. The van der Waals surface area contributed by atoms with Crippen molar-refractivity contribution in [3.8, 4) is 23.0 Å². The zero-order valence-electron chi connectivity index (χ0n) is 33.2. The third kappa shape index (κ3) is 10.1. The first-order valence-corrected chi connectivity index (χ1v) is 23.5. The Morgan fingerprint density at radius 1 is 0.526 bits per heavy atom. The van der Waals surface area contributed by atoms with Crippen LogP contribution in [0.4, 0.5) is 5.69 Å². The number of benzene rings is 4. The standard InChI is InChI=1S/C47H51NO5S4/c1-5-18-50-41-31-12-9-13-32(41)25-34-15-11-17-36(43(34)52-20-7-3)27-38-29-39(48-45(49)40-30-56-47(57-40)46-54-22-23-55-46)28-37(44(38)53-21-8-4)26-35-16-10-14-33(24-31)42(35)51-19-6-2/h9-17,22-23,28-30H,5-8,18-21,24-27H2,1-4H3,(H,48,49). The predicted octanol–water partition coefficient (Wildman–Crippen LogP) is 12.9. The number of thioether (sulfide) groups is 4. The second kappa shape index (κ2) is 20.2. The lowest BCUT2D eigenvalue weighted by atomic mass is 9.91. The number of para-hydroxylation sites is 3. The average molecular weight is 838 g/mol. The van der Waals surface area contributed by atoms with Crippen molar-refractivity contribution in [3.05, 3.63) is 141 Å². The molecule has 3 aliphatic rings. The number of amides is 1. The quantitative estimate of drug-likeness (QED) is 0.118. The molecule has 0 unspecified atom stereocenters. The van der Waals surface area contributed by atoms with E-state index in [4.69, 9.17) is 18.9 Å². The summed E-state index contributed by atoms with van der Waals surface area (Å²) in [5.41, 5.74) is 9.38. The van der Waals surface area contributed by atoms with Gasteiger partial charge in [0.2, 0.25) is 0 Å². The molecule has 0 saturated carbocycles. The first kappa shape index (κ1) is 41.3. The molecule has 0 atom stereocenters. The van der Waals surface area contributed by atoms with E-state index in [1.54, 1.807) is 35.3 Å². The van der Waals surface area contributed by atoms with Crippen LogP contribution in [-0.2, 0) is 30.5 Å². The molecule has 4 aromatic carbocycles. The molecule has 2 aliphatic heterocycles. The number of hydrogen-bond donors (Lipinski definition) is 1. The van der Waals surface area contributed by atoms with Gasteiger partial charge in [0, 0.05) is 42.5 Å². The van der Waals surface area contributed by atoms with Crippen LogP contribution in [0.15, 0.2) is 96.3 Å². The van der Waals surface area contributed by atoms with Crippen LogP contribution in [0.25, 0.3) is 0 Å². The Balaban J connectivity index is 1.38. The third-order valence-electron chi connectivity index (χ3n) is 9.63. The molecular formula is C47H51NO5S4. The summed E-state index contributed by atoms with van der Waals surface area (Å²) in [7, 11) is 0. The highest BCUT2D eigenvalue weighted by Gasteiger charge is 2.26. The van der Waals surface area contributed by atoms with Gasteiger partial charge in [0.25, 0.3) is 5.91 Å². The van der Waals surface area contributed by atoms with Crippen molar-refractivity contribution >= 4 is 58.6 Å². The molecule has 0 aromatic heterocycles. The molecule has 2 heterocycles. The van der Waals surface area contributed by atoms with Gasteiger partial charge in [-0.05, 0) is 87.4 Å². The number of ether oxygens (including phenoxy) is 4. The highest BCUT2D eigenvalue weighted by Crippen LogP contribution is 2.53. The van der Waals surface area contributed by atoms with Crippen molar-refractivity contribution in [2.45, 2.75) is 79.1 Å². The number of anilines is 1. The van der Waals surface area contributed by atoms with E-state index in [-0.39, 0.29) is 5.91 Å². The fraction of sp³-hybridized carbons (Fsp3) is 0.340. The monoisotopic (exact) mass is 837 g/mol. The Morgan fingerprint density at radius 3 is 1.28 bits per heavy atom. The van der Waals surface area contributed by atoms with Crippen molar-refractivity contribution in [1.29, 1.82) is 0 Å². The maximum absolute atomic E-state index is 13.9. The second-order valence-electron chi connectivity index (χ2n) is 14.2. The van der Waals surface area contributed by atoms with Gasteiger partial charge in [-0.15, -0.1) is 0 Å². The second-order valence-corrected chi connectivity index (χ2v) is 18.5. The highest BCUT2D eigenvalue weighted by atomic mass is 32.2. The Kier molecular flexibility index (Phi) is 14.7. The van der Waals surface area contributed by atoms with Crippen molar-refractivity contribution in [2.75, 3.05) is 31.7 Å². The van der Waals surface area contributed by atoms with Crippen molar-refractivity contribution < 1.29 is 23.7 Å². The summed E-state index contributed by atoms with van der Waals surface area (Å²) in [6.07, 6.45) is 6.02. The molecule has 6 nitrogen and oxygen atoms in total. The number of hydrogen-bond acceptors (Lipinski definition) is 9. The Morgan fingerprint density at radius 2 is 0.895 bits per heavy atom. The summed E-state index contributed by atoms with van der Waals surface area (Å²) < 4.78 is 29.0. The molecule has 298 valence electrons. The zero-order valence-corrected chi connectivity index (χ0v) is 36.5. The SMILES string of the molecule is CCCOc1c2cccc1Cc1cccc(c1OCCC)Cc1cc(NC(=O)C3=CSC(=C4SC=CS4)S3)cc(c1OCCC)Cc1cccc(c1OCCC)C2. The van der Waals surface area contributed by atoms with Crippen LogP contribution < -0.4 is 24.3 Å². The summed E-state index contributed by atoms with van der Waals surface area (Å²) in [4.78, 5) is 14.6. The van der Waals surface area contributed by atoms with E-state index in [1.807, 2.05) is 5.41 Å². The number of rotatable bonds is 14. The molecule has 0 fully saturated rings. The van der Waals surface area contributed by atoms with E-state index >= 15 is 0 Å². The van der Waals surface area contributed by atoms with Crippen molar-refractivity contribution in [3.63, 3.8) is 0 Å². The van der Waals surface area contributed by atoms with Gasteiger partial charge in [0.1, 0.15) is 23.0 Å². The highest BCUT2D eigenvalue weighted by molar-refractivity contribution is 8.33. The van der Waals surface area contributed by atoms with Gasteiger partial charge >= 0.3 is 0 Å². The summed E-state index contributed by atoms with van der Waals surface area (Å²) in [5, 5.41) is 9.43. The van der Waals surface area contributed by atoms with E-state index in [1.165, 1.54) is 16.0 Å². The molecule has 1 N–H and O–H groups in total. The number of fused-ring (bicyclic) bond motifs is 8. The van der Waals surface area contributed by atoms with E-state index in [2.05, 4.69) is 111 Å². The fourth-order valence-electron chi connectivity index (χ4n) is 7.16. The van der Waals surface area contributed by atoms with Crippen molar-refractivity contribution in [1.82, 2.24) is 0 Å². The lowest BCUT2D eigenvalue weighted by Crippen LogP contribution is -2.14. The van der Waals surface area contributed by atoms with E-state index in [0.717, 1.165) is 103 Å². The van der Waals surface area contributed by atoms with E-state index in [0.29, 0.717) is 57.0 Å². The lowest BCUT2D eigenvalue weighted by molar-refractivity contribution is -0.112. The van der Waals surface area contributed by atoms with Crippen LogP contribution in [0.5, 0.6) is 23.0 Å². The maximum atomic E-state index is 13.9. The smallest absolute Gasteiger partial charge is 0.262 e. The largest absolute Gasteiger partial charge is 0.493 e. The number of carbonyl (C=O) groups is 1. The maximum Gasteiger partial charge on any atom is 0.262 e. The topological polar surface area (TPSA) is 66.0 Å².